The maximum absolute atomic E-state index is 12.2. The molecule has 0 aliphatic rings. The monoisotopic (exact) mass is 362 g/mol. The number of carbonyl (C=O) groups is 2. The van der Waals surface area contributed by atoms with E-state index < -0.39 is 5.91 Å². The van der Waals surface area contributed by atoms with Crippen LogP contribution in [-0.4, -0.2) is 25.0 Å². The molecule has 2 rings (SSSR count). The quantitative estimate of drug-likeness (QED) is 0.743. The van der Waals surface area contributed by atoms with E-state index in [2.05, 4.69) is 10.9 Å². The summed E-state index contributed by atoms with van der Waals surface area (Å²) in [7, 11) is 1.51. The van der Waals surface area contributed by atoms with Crippen molar-refractivity contribution in [3.8, 4) is 11.5 Å². The van der Waals surface area contributed by atoms with Gasteiger partial charge in [0.2, 0.25) is 5.91 Å². The first-order valence-electron chi connectivity index (χ1n) is 7.94. The standard InChI is InChI=1S/C18H22N2O4S/c1-12(2)24-15-6-5-14(10-16(15)23-3)18(22)20-19-17(21)7-4-13-8-9-25-11-13/h5-6,8-12H,4,7H2,1-3H3,(H,19,21)(H,20,22). The minimum Gasteiger partial charge on any atom is -0.493 e. The summed E-state index contributed by atoms with van der Waals surface area (Å²) in [5.74, 6) is 0.364. The molecule has 1 aromatic carbocycles. The molecule has 1 aromatic heterocycles. The third-order valence-electron chi connectivity index (χ3n) is 3.32. The third-order valence-corrected chi connectivity index (χ3v) is 4.06. The largest absolute Gasteiger partial charge is 0.493 e. The zero-order chi connectivity index (χ0) is 18.2. The summed E-state index contributed by atoms with van der Waals surface area (Å²) in [6.45, 7) is 3.82. The van der Waals surface area contributed by atoms with Gasteiger partial charge in [-0.05, 0) is 60.9 Å². The fourth-order valence-corrected chi connectivity index (χ4v) is 2.82. The zero-order valence-electron chi connectivity index (χ0n) is 14.5. The molecule has 0 saturated carbocycles. The number of nitrogens with one attached hydrogen (secondary N) is 2. The molecule has 0 aliphatic heterocycles. The molecule has 0 saturated heterocycles. The molecular weight excluding hydrogens is 340 g/mol. The first-order valence-corrected chi connectivity index (χ1v) is 8.89. The predicted molar refractivity (Wildman–Crippen MR) is 97.0 cm³/mol. The van der Waals surface area contributed by atoms with Crippen LogP contribution in [0.5, 0.6) is 11.5 Å². The summed E-state index contributed by atoms with van der Waals surface area (Å²) < 4.78 is 10.9. The van der Waals surface area contributed by atoms with Gasteiger partial charge in [0.05, 0.1) is 13.2 Å². The van der Waals surface area contributed by atoms with Gasteiger partial charge in [-0.15, -0.1) is 0 Å². The van der Waals surface area contributed by atoms with E-state index in [9.17, 15) is 9.59 Å². The predicted octanol–water partition coefficient (Wildman–Crippen LogP) is 2.94. The maximum Gasteiger partial charge on any atom is 0.269 e. The van der Waals surface area contributed by atoms with Gasteiger partial charge in [-0.2, -0.15) is 11.3 Å². The zero-order valence-corrected chi connectivity index (χ0v) is 15.3. The number of benzene rings is 1. The molecule has 0 fully saturated rings. The summed E-state index contributed by atoms with van der Waals surface area (Å²) >= 11 is 1.59. The highest BCUT2D eigenvalue weighted by molar-refractivity contribution is 7.07. The van der Waals surface area contributed by atoms with Crippen LogP contribution < -0.4 is 20.3 Å². The summed E-state index contributed by atoms with van der Waals surface area (Å²) in [4.78, 5) is 24.0. The number of carbonyl (C=O) groups excluding carboxylic acids is 2. The van der Waals surface area contributed by atoms with Crippen molar-refractivity contribution in [1.29, 1.82) is 0 Å². The number of hydrazine groups is 1. The van der Waals surface area contributed by atoms with Gasteiger partial charge in [0.25, 0.3) is 5.91 Å². The highest BCUT2D eigenvalue weighted by atomic mass is 32.1. The highest BCUT2D eigenvalue weighted by Gasteiger charge is 2.13. The van der Waals surface area contributed by atoms with Crippen molar-refractivity contribution in [2.75, 3.05) is 7.11 Å². The second-order valence-corrected chi connectivity index (χ2v) is 6.45. The number of thiophene rings is 1. The van der Waals surface area contributed by atoms with Crippen molar-refractivity contribution in [3.05, 3.63) is 46.2 Å². The van der Waals surface area contributed by atoms with E-state index in [0.717, 1.165) is 5.56 Å². The molecule has 0 spiro atoms. The maximum atomic E-state index is 12.2. The van der Waals surface area contributed by atoms with Gasteiger partial charge in [-0.25, -0.2) is 0 Å². The molecule has 134 valence electrons. The Morgan fingerprint density at radius 3 is 2.60 bits per heavy atom. The molecule has 2 N–H and O–H groups in total. The molecule has 0 unspecified atom stereocenters. The van der Waals surface area contributed by atoms with E-state index in [1.54, 1.807) is 29.5 Å². The fraction of sp³-hybridized carbons (Fsp3) is 0.333. The summed E-state index contributed by atoms with van der Waals surface area (Å²) in [6, 6.07) is 6.84. The molecule has 2 amide bonds. The Bertz CT molecular complexity index is 714. The van der Waals surface area contributed by atoms with Crippen LogP contribution in [0.3, 0.4) is 0 Å². The van der Waals surface area contributed by atoms with Gasteiger partial charge in [0, 0.05) is 12.0 Å². The third kappa shape index (κ3) is 5.79. The van der Waals surface area contributed by atoms with Gasteiger partial charge >= 0.3 is 0 Å². The van der Waals surface area contributed by atoms with E-state index >= 15 is 0 Å². The molecule has 25 heavy (non-hydrogen) atoms. The van der Waals surface area contributed by atoms with Crippen LogP contribution in [0.1, 0.15) is 36.2 Å². The van der Waals surface area contributed by atoms with Crippen molar-refractivity contribution in [3.63, 3.8) is 0 Å². The molecule has 0 atom stereocenters. The van der Waals surface area contributed by atoms with Crippen LogP contribution in [0.25, 0.3) is 0 Å². The molecular formula is C18H22N2O4S. The van der Waals surface area contributed by atoms with Crippen LogP contribution >= 0.6 is 11.3 Å². The molecule has 1 heterocycles. The van der Waals surface area contributed by atoms with E-state index in [-0.39, 0.29) is 12.0 Å². The lowest BCUT2D eigenvalue weighted by atomic mass is 10.2. The van der Waals surface area contributed by atoms with Gasteiger partial charge in [0.15, 0.2) is 11.5 Å². The summed E-state index contributed by atoms with van der Waals surface area (Å²) in [6.07, 6.45) is 0.943. The number of ether oxygens (including phenoxy) is 2. The first kappa shape index (κ1) is 18.8. The van der Waals surface area contributed by atoms with Crippen molar-refractivity contribution < 1.29 is 19.1 Å². The Morgan fingerprint density at radius 2 is 1.96 bits per heavy atom. The second kappa shape index (κ2) is 9.08. The van der Waals surface area contributed by atoms with Crippen molar-refractivity contribution in [2.45, 2.75) is 32.8 Å². The number of amides is 2. The molecule has 7 heteroatoms. The van der Waals surface area contributed by atoms with E-state index in [1.807, 2.05) is 30.7 Å². The Morgan fingerprint density at radius 1 is 1.16 bits per heavy atom. The molecule has 0 aliphatic carbocycles. The fourth-order valence-electron chi connectivity index (χ4n) is 2.11. The minimum absolute atomic E-state index is 0.00362. The van der Waals surface area contributed by atoms with Crippen molar-refractivity contribution in [1.82, 2.24) is 10.9 Å². The SMILES string of the molecule is COc1cc(C(=O)NNC(=O)CCc2ccsc2)ccc1OC(C)C. The number of rotatable bonds is 7. The van der Waals surface area contributed by atoms with Crippen LogP contribution in [-0.2, 0) is 11.2 Å². The van der Waals surface area contributed by atoms with Gasteiger partial charge in [0.1, 0.15) is 0 Å². The van der Waals surface area contributed by atoms with Gasteiger partial charge < -0.3 is 9.47 Å². The molecule has 0 radical (unpaired) electrons. The lowest BCUT2D eigenvalue weighted by Gasteiger charge is -2.14. The van der Waals surface area contributed by atoms with Crippen molar-refractivity contribution in [2.24, 2.45) is 0 Å². The molecule has 0 bridgehead atoms. The van der Waals surface area contributed by atoms with Crippen LogP contribution in [0.15, 0.2) is 35.0 Å². The van der Waals surface area contributed by atoms with E-state index in [4.69, 9.17) is 9.47 Å². The molecule has 2 aromatic rings. The van der Waals surface area contributed by atoms with E-state index in [0.29, 0.717) is 29.9 Å². The normalized spacial score (nSPS) is 10.4. The summed E-state index contributed by atoms with van der Waals surface area (Å²) in [5, 5.41) is 3.97. The number of hydrogen-bond acceptors (Lipinski definition) is 5. The Hall–Kier alpha value is -2.54. The topological polar surface area (TPSA) is 76.7 Å². The van der Waals surface area contributed by atoms with Crippen LogP contribution in [0.2, 0.25) is 0 Å². The molecule has 6 nitrogen and oxygen atoms in total. The van der Waals surface area contributed by atoms with Crippen molar-refractivity contribution >= 4 is 23.2 Å². The lowest BCUT2D eigenvalue weighted by Crippen LogP contribution is -2.41. The second-order valence-electron chi connectivity index (χ2n) is 5.67. The number of aryl methyl sites for hydroxylation is 1. The smallest absolute Gasteiger partial charge is 0.269 e. The number of hydrogen-bond donors (Lipinski definition) is 2. The van der Waals surface area contributed by atoms with Gasteiger partial charge in [-0.3, -0.25) is 20.4 Å². The summed E-state index contributed by atoms with van der Waals surface area (Å²) in [5.41, 5.74) is 6.30. The average molecular weight is 362 g/mol. The van der Waals surface area contributed by atoms with E-state index in [1.165, 1.54) is 7.11 Å². The lowest BCUT2D eigenvalue weighted by molar-refractivity contribution is -0.121. The Kier molecular flexibility index (Phi) is 6.82. The van der Waals surface area contributed by atoms with Gasteiger partial charge in [-0.1, -0.05) is 0 Å². The minimum atomic E-state index is -0.418. The Balaban J connectivity index is 1.88. The highest BCUT2D eigenvalue weighted by Crippen LogP contribution is 2.28. The average Bonchev–Trinajstić information content (AvgIpc) is 3.11. The van der Waals surface area contributed by atoms with Crippen LogP contribution in [0.4, 0.5) is 0 Å². The first-order chi connectivity index (χ1) is 12.0. The Labute approximate surface area is 151 Å². The van der Waals surface area contributed by atoms with Crippen LogP contribution in [0, 0.1) is 0 Å². The number of methoxy groups -OCH3 is 1.